The number of aromatic hydroxyl groups is 1. The number of hydrogen-bond donors (Lipinski definition) is 3. The van der Waals surface area contributed by atoms with Gasteiger partial charge in [0, 0.05) is 17.7 Å². The first kappa shape index (κ1) is 10.5. The lowest BCUT2D eigenvalue weighted by atomic mass is 10.0. The molecule has 0 aliphatic heterocycles. The SMILES string of the molecule is NC(CC(=O)O)c1ccc(F)cc1O. The molecule has 1 aromatic carbocycles. The maximum absolute atomic E-state index is 12.6. The highest BCUT2D eigenvalue weighted by atomic mass is 19.1. The number of halogens is 1. The standard InChI is InChI=1S/C9H10FNO3/c10-5-1-2-6(8(12)3-5)7(11)4-9(13)14/h1-3,7,12H,4,11H2,(H,13,14). The van der Waals surface area contributed by atoms with Crippen molar-refractivity contribution in [1.82, 2.24) is 0 Å². The van der Waals surface area contributed by atoms with Crippen molar-refractivity contribution in [2.75, 3.05) is 0 Å². The van der Waals surface area contributed by atoms with Gasteiger partial charge in [-0.1, -0.05) is 6.07 Å². The predicted octanol–water partition coefficient (Wildman–Crippen LogP) is 1.01. The first-order valence-corrected chi connectivity index (χ1v) is 3.96. The van der Waals surface area contributed by atoms with Gasteiger partial charge in [0.25, 0.3) is 0 Å². The number of aliphatic carboxylic acids is 1. The van der Waals surface area contributed by atoms with Crippen molar-refractivity contribution in [3.8, 4) is 5.75 Å². The highest BCUT2D eigenvalue weighted by Gasteiger charge is 2.14. The van der Waals surface area contributed by atoms with E-state index in [0.717, 1.165) is 12.1 Å². The lowest BCUT2D eigenvalue weighted by Gasteiger charge is -2.10. The summed E-state index contributed by atoms with van der Waals surface area (Å²) in [6, 6.07) is 2.47. The molecule has 0 heterocycles. The monoisotopic (exact) mass is 199 g/mol. The molecule has 0 fully saturated rings. The second-order valence-electron chi connectivity index (χ2n) is 2.91. The lowest BCUT2D eigenvalue weighted by Crippen LogP contribution is -2.15. The van der Waals surface area contributed by atoms with Crippen molar-refractivity contribution in [2.45, 2.75) is 12.5 Å². The Morgan fingerprint density at radius 2 is 2.21 bits per heavy atom. The number of phenolic OH excluding ortho intramolecular Hbond substituents is 1. The van der Waals surface area contributed by atoms with Crippen molar-refractivity contribution in [3.63, 3.8) is 0 Å². The summed E-state index contributed by atoms with van der Waals surface area (Å²) in [6.07, 6.45) is -0.306. The highest BCUT2D eigenvalue weighted by Crippen LogP contribution is 2.25. The fraction of sp³-hybridized carbons (Fsp3) is 0.222. The van der Waals surface area contributed by atoms with Gasteiger partial charge in [-0.15, -0.1) is 0 Å². The zero-order valence-corrected chi connectivity index (χ0v) is 7.27. The number of benzene rings is 1. The Morgan fingerprint density at radius 1 is 1.57 bits per heavy atom. The molecule has 5 heteroatoms. The summed E-state index contributed by atoms with van der Waals surface area (Å²) in [6.45, 7) is 0. The Labute approximate surface area is 79.8 Å². The number of carboxylic acids is 1. The van der Waals surface area contributed by atoms with Crippen LogP contribution in [0.25, 0.3) is 0 Å². The first-order chi connectivity index (χ1) is 6.50. The number of carbonyl (C=O) groups is 1. The van der Waals surface area contributed by atoms with E-state index in [9.17, 15) is 14.3 Å². The van der Waals surface area contributed by atoms with Gasteiger partial charge >= 0.3 is 5.97 Å². The van der Waals surface area contributed by atoms with Gasteiger partial charge in [-0.3, -0.25) is 4.79 Å². The third-order valence-corrected chi connectivity index (χ3v) is 1.79. The van der Waals surface area contributed by atoms with E-state index in [-0.39, 0.29) is 17.7 Å². The van der Waals surface area contributed by atoms with Crippen LogP contribution in [0.15, 0.2) is 18.2 Å². The maximum atomic E-state index is 12.6. The van der Waals surface area contributed by atoms with Crippen LogP contribution >= 0.6 is 0 Å². The van der Waals surface area contributed by atoms with Gasteiger partial charge < -0.3 is 15.9 Å². The highest BCUT2D eigenvalue weighted by molar-refractivity contribution is 5.68. The van der Waals surface area contributed by atoms with E-state index >= 15 is 0 Å². The number of rotatable bonds is 3. The molecule has 0 bridgehead atoms. The molecule has 0 spiro atoms. The second-order valence-corrected chi connectivity index (χ2v) is 2.91. The molecule has 4 N–H and O–H groups in total. The van der Waals surface area contributed by atoms with Crippen LogP contribution in [-0.4, -0.2) is 16.2 Å². The molecule has 0 aromatic heterocycles. The van der Waals surface area contributed by atoms with Crippen LogP contribution in [0.5, 0.6) is 5.75 Å². The number of carboxylic acid groups (broad SMARTS) is 1. The molecule has 76 valence electrons. The third-order valence-electron chi connectivity index (χ3n) is 1.79. The van der Waals surface area contributed by atoms with Crippen molar-refractivity contribution in [1.29, 1.82) is 0 Å². The van der Waals surface area contributed by atoms with Crippen LogP contribution in [0, 0.1) is 5.82 Å². The largest absolute Gasteiger partial charge is 0.508 e. The topological polar surface area (TPSA) is 83.6 Å². The van der Waals surface area contributed by atoms with E-state index in [4.69, 9.17) is 10.8 Å². The molecule has 1 aromatic rings. The molecule has 1 atom stereocenters. The Kier molecular flexibility index (Phi) is 3.03. The number of hydrogen-bond acceptors (Lipinski definition) is 3. The molecule has 1 unspecified atom stereocenters. The van der Waals surface area contributed by atoms with Gasteiger partial charge in [-0.2, -0.15) is 0 Å². The van der Waals surface area contributed by atoms with E-state index in [1.807, 2.05) is 0 Å². The summed E-state index contributed by atoms with van der Waals surface area (Å²) in [5.74, 6) is -1.98. The van der Waals surface area contributed by atoms with Gasteiger partial charge in [-0.05, 0) is 6.07 Å². The van der Waals surface area contributed by atoms with Gasteiger partial charge in [-0.25, -0.2) is 4.39 Å². The second kappa shape index (κ2) is 4.06. The summed E-state index contributed by atoms with van der Waals surface area (Å²) in [7, 11) is 0. The summed E-state index contributed by atoms with van der Waals surface area (Å²) >= 11 is 0. The Morgan fingerprint density at radius 3 is 2.71 bits per heavy atom. The van der Waals surface area contributed by atoms with Gasteiger partial charge in [0.1, 0.15) is 11.6 Å². The van der Waals surface area contributed by atoms with E-state index in [0.29, 0.717) is 0 Å². The Hall–Kier alpha value is -1.62. The van der Waals surface area contributed by atoms with Gasteiger partial charge in [0.2, 0.25) is 0 Å². The summed E-state index contributed by atoms with van der Waals surface area (Å²) in [4.78, 5) is 10.3. The number of phenols is 1. The minimum atomic E-state index is -1.07. The van der Waals surface area contributed by atoms with Crippen LogP contribution in [0.1, 0.15) is 18.0 Å². The zero-order valence-electron chi connectivity index (χ0n) is 7.27. The Balaban J connectivity index is 2.90. The molecule has 0 saturated carbocycles. The van der Waals surface area contributed by atoms with Crippen LogP contribution in [0.3, 0.4) is 0 Å². The molecule has 14 heavy (non-hydrogen) atoms. The molecule has 0 saturated heterocycles. The maximum Gasteiger partial charge on any atom is 0.305 e. The third kappa shape index (κ3) is 2.43. The van der Waals surface area contributed by atoms with E-state index in [1.165, 1.54) is 6.07 Å². The van der Waals surface area contributed by atoms with Crippen LogP contribution < -0.4 is 5.73 Å². The molecule has 0 radical (unpaired) electrons. The van der Waals surface area contributed by atoms with Crippen molar-refractivity contribution in [2.24, 2.45) is 5.73 Å². The van der Waals surface area contributed by atoms with E-state index < -0.39 is 17.8 Å². The van der Waals surface area contributed by atoms with Crippen molar-refractivity contribution in [3.05, 3.63) is 29.6 Å². The quantitative estimate of drug-likeness (QED) is 0.678. The van der Waals surface area contributed by atoms with Gasteiger partial charge in [0.05, 0.1) is 6.42 Å². The van der Waals surface area contributed by atoms with Crippen LogP contribution in [-0.2, 0) is 4.79 Å². The smallest absolute Gasteiger partial charge is 0.305 e. The molecular weight excluding hydrogens is 189 g/mol. The average Bonchev–Trinajstić information content (AvgIpc) is 2.01. The molecule has 1 rings (SSSR count). The van der Waals surface area contributed by atoms with E-state index in [1.54, 1.807) is 0 Å². The number of nitrogens with two attached hydrogens (primary N) is 1. The van der Waals surface area contributed by atoms with Crippen LogP contribution in [0.2, 0.25) is 0 Å². The van der Waals surface area contributed by atoms with E-state index in [2.05, 4.69) is 0 Å². The molecule has 0 aliphatic rings. The first-order valence-electron chi connectivity index (χ1n) is 3.96. The van der Waals surface area contributed by atoms with Crippen LogP contribution in [0.4, 0.5) is 4.39 Å². The summed E-state index contributed by atoms with van der Waals surface area (Å²) in [5.41, 5.74) is 5.71. The summed E-state index contributed by atoms with van der Waals surface area (Å²) in [5, 5.41) is 17.7. The normalized spacial score (nSPS) is 12.4. The molecular formula is C9H10FNO3. The van der Waals surface area contributed by atoms with Crippen molar-refractivity contribution < 1.29 is 19.4 Å². The lowest BCUT2D eigenvalue weighted by molar-refractivity contribution is -0.137. The average molecular weight is 199 g/mol. The predicted molar refractivity (Wildman–Crippen MR) is 47.2 cm³/mol. The molecule has 0 aliphatic carbocycles. The fourth-order valence-electron chi connectivity index (χ4n) is 1.13. The molecule has 0 amide bonds. The molecule has 4 nitrogen and oxygen atoms in total. The fourth-order valence-corrected chi connectivity index (χ4v) is 1.13. The van der Waals surface area contributed by atoms with Crippen molar-refractivity contribution >= 4 is 5.97 Å². The summed E-state index contributed by atoms with van der Waals surface area (Å²) < 4.78 is 12.6. The minimum Gasteiger partial charge on any atom is -0.508 e. The zero-order chi connectivity index (χ0) is 10.7. The minimum absolute atomic E-state index is 0.230. The Bertz CT molecular complexity index is 354. The van der Waals surface area contributed by atoms with Gasteiger partial charge in [0.15, 0.2) is 0 Å².